The Bertz CT molecular complexity index is 727. The average molecular weight is 353 g/mol. The van der Waals surface area contributed by atoms with Gasteiger partial charge in [-0.15, -0.1) is 5.10 Å². The highest BCUT2D eigenvalue weighted by Gasteiger charge is 2.20. The summed E-state index contributed by atoms with van der Waals surface area (Å²) in [5.74, 6) is 1.36. The van der Waals surface area contributed by atoms with Gasteiger partial charge in [0, 0.05) is 31.9 Å². The van der Waals surface area contributed by atoms with E-state index in [4.69, 9.17) is 0 Å². The third-order valence-corrected chi connectivity index (χ3v) is 4.72. The number of benzene rings is 1. The molecule has 0 atom stereocenters. The van der Waals surface area contributed by atoms with Gasteiger partial charge in [-0.05, 0) is 49.1 Å². The van der Waals surface area contributed by atoms with Crippen LogP contribution in [0.4, 0.5) is 16.3 Å². The molecule has 1 aromatic heterocycles. The molecular weight excluding hydrogens is 326 g/mol. The molecule has 1 fully saturated rings. The van der Waals surface area contributed by atoms with Crippen LogP contribution in [-0.2, 0) is 0 Å². The van der Waals surface area contributed by atoms with Crippen LogP contribution in [0, 0.1) is 6.92 Å². The highest BCUT2D eigenvalue weighted by molar-refractivity contribution is 5.89. The molecule has 6 nitrogen and oxygen atoms in total. The van der Waals surface area contributed by atoms with Crippen LogP contribution in [0.25, 0.3) is 0 Å². The van der Waals surface area contributed by atoms with Crippen molar-refractivity contribution in [2.45, 2.75) is 33.1 Å². The van der Waals surface area contributed by atoms with E-state index in [0.717, 1.165) is 43.3 Å². The number of carbonyl (C=O) groups is 1. The lowest BCUT2D eigenvalue weighted by atomic mass is 10.0. The Labute approximate surface area is 155 Å². The van der Waals surface area contributed by atoms with E-state index in [-0.39, 0.29) is 6.03 Å². The average Bonchev–Trinajstić information content (AvgIpc) is 2.89. The Hall–Kier alpha value is -2.63. The van der Waals surface area contributed by atoms with Gasteiger partial charge in [-0.25, -0.2) is 4.79 Å². The Morgan fingerprint density at radius 3 is 2.42 bits per heavy atom. The van der Waals surface area contributed by atoms with Crippen LogP contribution in [0.5, 0.6) is 0 Å². The van der Waals surface area contributed by atoms with E-state index in [1.54, 1.807) is 0 Å². The zero-order valence-corrected chi connectivity index (χ0v) is 15.8. The van der Waals surface area contributed by atoms with Gasteiger partial charge in [-0.1, -0.05) is 26.0 Å². The maximum atomic E-state index is 12.6. The van der Waals surface area contributed by atoms with Gasteiger partial charge in [0.05, 0.1) is 5.69 Å². The van der Waals surface area contributed by atoms with Gasteiger partial charge < -0.3 is 15.1 Å². The van der Waals surface area contributed by atoms with Crippen molar-refractivity contribution in [1.29, 1.82) is 0 Å². The monoisotopic (exact) mass is 353 g/mol. The summed E-state index contributed by atoms with van der Waals surface area (Å²) in [5, 5.41) is 11.4. The molecular formula is C20H27N5O. The molecule has 1 aliphatic rings. The minimum absolute atomic E-state index is 0.0425. The largest absolute Gasteiger partial charge is 0.353 e. The van der Waals surface area contributed by atoms with Gasteiger partial charge in [-0.3, -0.25) is 0 Å². The quantitative estimate of drug-likeness (QED) is 0.915. The van der Waals surface area contributed by atoms with E-state index in [0.29, 0.717) is 12.5 Å². The van der Waals surface area contributed by atoms with Crippen molar-refractivity contribution in [3.63, 3.8) is 0 Å². The normalized spacial score (nSPS) is 15.1. The van der Waals surface area contributed by atoms with E-state index >= 15 is 0 Å². The van der Waals surface area contributed by atoms with Crippen LogP contribution in [0.2, 0.25) is 0 Å². The van der Waals surface area contributed by atoms with E-state index in [2.05, 4.69) is 46.4 Å². The molecule has 0 unspecified atom stereocenters. The number of urea groups is 1. The van der Waals surface area contributed by atoms with E-state index in [1.807, 2.05) is 36.1 Å². The van der Waals surface area contributed by atoms with Gasteiger partial charge in [0.15, 0.2) is 5.82 Å². The molecule has 2 heterocycles. The maximum absolute atomic E-state index is 12.6. The van der Waals surface area contributed by atoms with Crippen molar-refractivity contribution >= 4 is 17.5 Å². The molecule has 0 aliphatic carbocycles. The van der Waals surface area contributed by atoms with Crippen molar-refractivity contribution in [2.24, 2.45) is 0 Å². The first kappa shape index (κ1) is 18.2. The first-order valence-corrected chi connectivity index (χ1v) is 9.24. The Morgan fingerprint density at radius 2 is 1.77 bits per heavy atom. The predicted octanol–water partition coefficient (Wildman–Crippen LogP) is 3.65. The van der Waals surface area contributed by atoms with E-state index < -0.39 is 0 Å². The van der Waals surface area contributed by atoms with Crippen molar-refractivity contribution in [3.8, 4) is 0 Å². The first-order chi connectivity index (χ1) is 12.5. The summed E-state index contributed by atoms with van der Waals surface area (Å²) in [5.41, 5.74) is 3.02. The van der Waals surface area contributed by atoms with Crippen LogP contribution in [-0.4, -0.2) is 47.3 Å². The third-order valence-electron chi connectivity index (χ3n) is 4.72. The molecule has 1 aliphatic heterocycles. The summed E-state index contributed by atoms with van der Waals surface area (Å²) in [7, 11) is 0. The Morgan fingerprint density at radius 1 is 1.00 bits per heavy atom. The molecule has 0 bridgehead atoms. The fourth-order valence-corrected chi connectivity index (χ4v) is 3.06. The zero-order valence-electron chi connectivity index (χ0n) is 15.8. The maximum Gasteiger partial charge on any atom is 0.321 e. The number of hydrogen-bond donors (Lipinski definition) is 1. The number of anilines is 2. The fraction of sp³-hybridized carbons (Fsp3) is 0.450. The van der Waals surface area contributed by atoms with E-state index in [1.165, 1.54) is 5.56 Å². The zero-order chi connectivity index (χ0) is 18.5. The minimum atomic E-state index is -0.0425. The number of aryl methyl sites for hydroxylation is 1. The molecule has 0 saturated carbocycles. The molecule has 2 aromatic rings. The summed E-state index contributed by atoms with van der Waals surface area (Å²) < 4.78 is 0. The lowest BCUT2D eigenvalue weighted by molar-refractivity contribution is 0.215. The molecule has 2 amide bonds. The van der Waals surface area contributed by atoms with Crippen LogP contribution in [0.3, 0.4) is 0 Å². The second-order valence-electron chi connectivity index (χ2n) is 7.07. The van der Waals surface area contributed by atoms with E-state index in [9.17, 15) is 4.79 Å². The summed E-state index contributed by atoms with van der Waals surface area (Å²) in [4.78, 5) is 16.7. The van der Waals surface area contributed by atoms with Crippen molar-refractivity contribution in [2.75, 3.05) is 36.4 Å². The summed E-state index contributed by atoms with van der Waals surface area (Å²) >= 11 is 0. The van der Waals surface area contributed by atoms with Crippen LogP contribution >= 0.6 is 0 Å². The first-order valence-electron chi connectivity index (χ1n) is 9.24. The molecule has 0 radical (unpaired) electrons. The van der Waals surface area contributed by atoms with Crippen LogP contribution in [0.15, 0.2) is 36.4 Å². The van der Waals surface area contributed by atoms with Gasteiger partial charge in [0.25, 0.3) is 0 Å². The number of nitrogens with zero attached hydrogens (tertiary/aromatic N) is 4. The molecule has 138 valence electrons. The number of nitrogens with one attached hydrogen (secondary N) is 1. The van der Waals surface area contributed by atoms with Crippen molar-refractivity contribution < 1.29 is 4.79 Å². The van der Waals surface area contributed by atoms with Crippen LogP contribution in [0.1, 0.15) is 37.4 Å². The Kier molecular flexibility index (Phi) is 5.71. The second kappa shape index (κ2) is 8.17. The summed E-state index contributed by atoms with van der Waals surface area (Å²) in [6, 6.07) is 12.0. The topological polar surface area (TPSA) is 61.4 Å². The molecule has 6 heteroatoms. The number of rotatable bonds is 3. The summed E-state index contributed by atoms with van der Waals surface area (Å²) in [6.07, 6.45) is 0.912. The molecule has 3 rings (SSSR count). The van der Waals surface area contributed by atoms with Gasteiger partial charge in [0.1, 0.15) is 0 Å². The van der Waals surface area contributed by atoms with Gasteiger partial charge in [0.2, 0.25) is 0 Å². The predicted molar refractivity (Wildman–Crippen MR) is 105 cm³/mol. The lowest BCUT2D eigenvalue weighted by Crippen LogP contribution is -2.38. The number of amides is 2. The second-order valence-corrected chi connectivity index (χ2v) is 7.07. The molecule has 1 N–H and O–H groups in total. The van der Waals surface area contributed by atoms with Gasteiger partial charge >= 0.3 is 6.03 Å². The SMILES string of the molecule is Cc1ccc(N2CCCN(C(=O)Nc3ccc(C(C)C)cc3)CC2)nn1. The third kappa shape index (κ3) is 4.50. The minimum Gasteiger partial charge on any atom is -0.353 e. The number of hydrogen-bond acceptors (Lipinski definition) is 4. The van der Waals surface area contributed by atoms with Crippen molar-refractivity contribution in [3.05, 3.63) is 47.7 Å². The standard InChI is InChI=1S/C20H27N5O/c1-15(2)17-6-8-18(9-7-17)21-20(26)25-12-4-11-24(13-14-25)19-10-5-16(3)22-23-19/h5-10,15H,4,11-14H2,1-3H3,(H,21,26). The smallest absolute Gasteiger partial charge is 0.321 e. The lowest BCUT2D eigenvalue weighted by Gasteiger charge is -2.23. The van der Waals surface area contributed by atoms with Gasteiger partial charge in [-0.2, -0.15) is 5.10 Å². The molecule has 26 heavy (non-hydrogen) atoms. The number of carbonyl (C=O) groups excluding carboxylic acids is 1. The van der Waals surface area contributed by atoms with Crippen molar-refractivity contribution in [1.82, 2.24) is 15.1 Å². The number of aromatic nitrogens is 2. The highest BCUT2D eigenvalue weighted by Crippen LogP contribution is 2.18. The Balaban J connectivity index is 1.57. The molecule has 1 aromatic carbocycles. The van der Waals surface area contributed by atoms with Crippen LogP contribution < -0.4 is 10.2 Å². The molecule has 1 saturated heterocycles. The summed E-state index contributed by atoms with van der Waals surface area (Å²) in [6.45, 7) is 9.31. The molecule has 0 spiro atoms. The fourth-order valence-electron chi connectivity index (χ4n) is 3.06. The highest BCUT2D eigenvalue weighted by atomic mass is 16.2.